The van der Waals surface area contributed by atoms with Crippen molar-refractivity contribution in [2.75, 3.05) is 26.0 Å². The zero-order chi connectivity index (χ0) is 14.3. The average molecular weight is 311 g/mol. The summed E-state index contributed by atoms with van der Waals surface area (Å²) in [6.45, 7) is -2.47. The smallest absolute Gasteiger partial charge is 0.387 e. The summed E-state index contributed by atoms with van der Waals surface area (Å²) in [5.41, 5.74) is 0.153. The monoisotopic (exact) mass is 310 g/mol. The summed E-state index contributed by atoms with van der Waals surface area (Å²) in [7, 11) is 3.15. The van der Waals surface area contributed by atoms with E-state index < -0.39 is 6.61 Å². The summed E-state index contributed by atoms with van der Waals surface area (Å²) >= 11 is 0. The van der Waals surface area contributed by atoms with Gasteiger partial charge in [0.05, 0.1) is 12.8 Å². The van der Waals surface area contributed by atoms with Gasteiger partial charge < -0.3 is 20.1 Å². The Balaban J connectivity index is 0.00000361. The maximum absolute atomic E-state index is 12.2. The lowest BCUT2D eigenvalue weighted by Crippen LogP contribution is -2.19. The fourth-order valence-electron chi connectivity index (χ4n) is 1.38. The Labute approximate surface area is 122 Å². The number of rotatable bonds is 7. The molecule has 1 aromatic carbocycles. The maximum atomic E-state index is 12.2. The van der Waals surface area contributed by atoms with Crippen LogP contribution in [-0.2, 0) is 4.79 Å². The van der Waals surface area contributed by atoms with E-state index in [1.54, 1.807) is 7.05 Å². The van der Waals surface area contributed by atoms with Gasteiger partial charge >= 0.3 is 6.61 Å². The molecular weight excluding hydrogens is 294 g/mol. The van der Waals surface area contributed by atoms with E-state index in [2.05, 4.69) is 15.4 Å². The van der Waals surface area contributed by atoms with Crippen LogP contribution >= 0.6 is 12.4 Å². The highest BCUT2D eigenvalue weighted by Crippen LogP contribution is 2.30. The molecule has 0 aliphatic rings. The highest BCUT2D eigenvalue weighted by atomic mass is 35.5. The lowest BCUT2D eigenvalue weighted by molar-refractivity contribution is -0.116. The number of halogens is 3. The van der Waals surface area contributed by atoms with Crippen molar-refractivity contribution in [3.8, 4) is 11.5 Å². The zero-order valence-electron chi connectivity index (χ0n) is 11.1. The van der Waals surface area contributed by atoms with Crippen LogP contribution in [0.2, 0.25) is 0 Å². The second kappa shape index (κ2) is 9.33. The van der Waals surface area contributed by atoms with Gasteiger partial charge in [-0.2, -0.15) is 8.78 Å². The van der Waals surface area contributed by atoms with E-state index >= 15 is 0 Å². The molecule has 0 radical (unpaired) electrons. The summed E-state index contributed by atoms with van der Waals surface area (Å²) in [6.07, 6.45) is 0.224. The van der Waals surface area contributed by atoms with Crippen LogP contribution in [0.1, 0.15) is 6.42 Å². The SMILES string of the molecule is CNCCC(=O)Nc1cc(OC)ccc1OC(F)F.Cl. The molecule has 0 saturated heterocycles. The molecular formula is C12H17ClF2N2O3. The van der Waals surface area contributed by atoms with Gasteiger partial charge in [-0.1, -0.05) is 0 Å². The molecule has 1 aromatic rings. The second-order valence-electron chi connectivity index (χ2n) is 3.64. The molecule has 20 heavy (non-hydrogen) atoms. The van der Waals surface area contributed by atoms with Gasteiger partial charge in [-0.3, -0.25) is 4.79 Å². The van der Waals surface area contributed by atoms with Gasteiger partial charge in [0, 0.05) is 19.0 Å². The van der Waals surface area contributed by atoms with Gasteiger partial charge in [0.2, 0.25) is 5.91 Å². The van der Waals surface area contributed by atoms with Crippen LogP contribution in [0.5, 0.6) is 11.5 Å². The molecule has 0 aliphatic carbocycles. The minimum atomic E-state index is -2.96. The Morgan fingerprint density at radius 2 is 2.10 bits per heavy atom. The molecule has 1 rings (SSSR count). The number of carbonyl (C=O) groups is 1. The second-order valence-corrected chi connectivity index (χ2v) is 3.64. The maximum Gasteiger partial charge on any atom is 0.387 e. The van der Waals surface area contributed by atoms with E-state index in [-0.39, 0.29) is 36.2 Å². The van der Waals surface area contributed by atoms with Crippen molar-refractivity contribution in [1.82, 2.24) is 5.32 Å². The average Bonchev–Trinajstić information content (AvgIpc) is 2.37. The highest BCUT2D eigenvalue weighted by Gasteiger charge is 2.13. The van der Waals surface area contributed by atoms with Gasteiger partial charge in [-0.05, 0) is 19.2 Å². The Morgan fingerprint density at radius 3 is 2.65 bits per heavy atom. The first-order chi connectivity index (χ1) is 9.06. The van der Waals surface area contributed by atoms with Crippen LogP contribution in [0.15, 0.2) is 18.2 Å². The number of hydrogen-bond donors (Lipinski definition) is 2. The van der Waals surface area contributed by atoms with Crippen molar-refractivity contribution in [2.24, 2.45) is 0 Å². The standard InChI is InChI=1S/C12H16F2N2O3.ClH/c1-15-6-5-11(17)16-9-7-8(18-2)3-4-10(9)19-12(13)14;/h3-4,7,12,15H,5-6H2,1-2H3,(H,16,17);1H. The van der Waals surface area contributed by atoms with Crippen LogP contribution in [0.3, 0.4) is 0 Å². The molecule has 0 heterocycles. The Bertz CT molecular complexity index is 433. The third kappa shape index (κ3) is 6.03. The molecule has 0 bridgehead atoms. The first-order valence-corrected chi connectivity index (χ1v) is 5.64. The number of methoxy groups -OCH3 is 1. The number of nitrogens with one attached hydrogen (secondary N) is 2. The summed E-state index contributed by atoms with van der Waals surface area (Å²) in [4.78, 5) is 11.6. The van der Waals surface area contributed by atoms with Gasteiger partial charge in [0.1, 0.15) is 11.5 Å². The summed E-state index contributed by atoms with van der Waals surface area (Å²) < 4.78 is 33.8. The van der Waals surface area contributed by atoms with Crippen LogP contribution < -0.4 is 20.1 Å². The number of carbonyl (C=O) groups excluding carboxylic acids is 1. The van der Waals surface area contributed by atoms with Crippen molar-refractivity contribution in [1.29, 1.82) is 0 Å². The van der Waals surface area contributed by atoms with Crippen molar-refractivity contribution in [2.45, 2.75) is 13.0 Å². The molecule has 0 fully saturated rings. The largest absolute Gasteiger partial charge is 0.497 e. The molecule has 1 amide bonds. The van der Waals surface area contributed by atoms with Crippen LogP contribution in [0.25, 0.3) is 0 Å². The third-order valence-electron chi connectivity index (χ3n) is 2.28. The summed E-state index contributed by atoms with van der Waals surface area (Å²) in [5.74, 6) is 0.0286. The Kier molecular flexibility index (Phi) is 8.58. The Hall–Kier alpha value is -1.60. The molecule has 0 spiro atoms. The van der Waals surface area contributed by atoms with E-state index in [9.17, 15) is 13.6 Å². The lowest BCUT2D eigenvalue weighted by Gasteiger charge is -2.13. The predicted molar refractivity (Wildman–Crippen MR) is 74.0 cm³/mol. The highest BCUT2D eigenvalue weighted by molar-refractivity contribution is 5.92. The quantitative estimate of drug-likeness (QED) is 0.811. The fraction of sp³-hybridized carbons (Fsp3) is 0.417. The number of alkyl halides is 2. The Morgan fingerprint density at radius 1 is 1.40 bits per heavy atom. The number of hydrogen-bond acceptors (Lipinski definition) is 4. The van der Waals surface area contributed by atoms with E-state index in [0.29, 0.717) is 12.3 Å². The minimum absolute atomic E-state index is 0. The van der Waals surface area contributed by atoms with Gasteiger partial charge in [0.25, 0.3) is 0 Å². The molecule has 114 valence electrons. The molecule has 0 aromatic heterocycles. The van der Waals surface area contributed by atoms with E-state index in [4.69, 9.17) is 4.74 Å². The van der Waals surface area contributed by atoms with Crippen LogP contribution in [0, 0.1) is 0 Å². The van der Waals surface area contributed by atoms with Crippen molar-refractivity contribution in [3.63, 3.8) is 0 Å². The number of benzene rings is 1. The molecule has 0 unspecified atom stereocenters. The molecule has 5 nitrogen and oxygen atoms in total. The van der Waals surface area contributed by atoms with Gasteiger partial charge in [-0.25, -0.2) is 0 Å². The van der Waals surface area contributed by atoms with E-state index in [1.807, 2.05) is 0 Å². The topological polar surface area (TPSA) is 59.6 Å². The van der Waals surface area contributed by atoms with Gasteiger partial charge in [-0.15, -0.1) is 12.4 Å². The first-order valence-electron chi connectivity index (χ1n) is 5.64. The fourth-order valence-corrected chi connectivity index (χ4v) is 1.38. The summed E-state index contributed by atoms with van der Waals surface area (Å²) in [6, 6.07) is 4.22. The molecule has 0 saturated carbocycles. The molecule has 8 heteroatoms. The van der Waals surface area contributed by atoms with Crippen molar-refractivity contribution < 1.29 is 23.0 Å². The van der Waals surface area contributed by atoms with E-state index in [0.717, 1.165) is 0 Å². The zero-order valence-corrected chi connectivity index (χ0v) is 11.9. The number of amides is 1. The van der Waals surface area contributed by atoms with E-state index in [1.165, 1.54) is 25.3 Å². The first kappa shape index (κ1) is 18.4. The number of anilines is 1. The molecule has 0 aliphatic heterocycles. The van der Waals surface area contributed by atoms with Crippen molar-refractivity contribution >= 4 is 24.0 Å². The van der Waals surface area contributed by atoms with Crippen LogP contribution in [0.4, 0.5) is 14.5 Å². The lowest BCUT2D eigenvalue weighted by atomic mass is 10.2. The number of ether oxygens (including phenoxy) is 2. The van der Waals surface area contributed by atoms with Gasteiger partial charge in [0.15, 0.2) is 0 Å². The third-order valence-corrected chi connectivity index (χ3v) is 2.28. The molecule has 2 N–H and O–H groups in total. The predicted octanol–water partition coefficient (Wildman–Crippen LogP) is 2.27. The normalized spacial score (nSPS) is 9.85. The van der Waals surface area contributed by atoms with Crippen molar-refractivity contribution in [3.05, 3.63) is 18.2 Å². The minimum Gasteiger partial charge on any atom is -0.497 e. The van der Waals surface area contributed by atoms with Crippen LogP contribution in [-0.4, -0.2) is 33.2 Å². The summed E-state index contributed by atoms with van der Waals surface area (Å²) in [5, 5.41) is 5.33. The molecule has 0 atom stereocenters.